The fourth-order valence-electron chi connectivity index (χ4n) is 2.58. The monoisotopic (exact) mass is 322 g/mol. The molecule has 0 bridgehead atoms. The van der Waals surface area contributed by atoms with Crippen molar-refractivity contribution in [2.75, 3.05) is 0 Å². The highest BCUT2D eigenvalue weighted by molar-refractivity contribution is 6.32. The lowest BCUT2D eigenvalue weighted by atomic mass is 9.79. The third-order valence-corrected chi connectivity index (χ3v) is 4.12. The molecule has 0 spiro atoms. The molecule has 0 aliphatic rings. The minimum absolute atomic E-state index is 0.149. The second kappa shape index (κ2) is 5.69. The summed E-state index contributed by atoms with van der Waals surface area (Å²) < 4.78 is 16.8. The summed E-state index contributed by atoms with van der Waals surface area (Å²) in [6.45, 7) is 12.6. The van der Waals surface area contributed by atoms with Crippen molar-refractivity contribution in [2.24, 2.45) is 0 Å². The third-order valence-electron chi connectivity index (χ3n) is 3.73. The number of halogens is 2. The van der Waals surface area contributed by atoms with Crippen molar-refractivity contribution >= 4 is 11.6 Å². The molecule has 2 rings (SSSR count). The summed E-state index contributed by atoms with van der Waals surface area (Å²) in [5, 5.41) is 4.72. The Kier molecular flexibility index (Phi) is 4.40. The number of hydrogen-bond donors (Lipinski definition) is 0. The lowest BCUT2D eigenvalue weighted by molar-refractivity contribution is 0.500. The van der Waals surface area contributed by atoms with Gasteiger partial charge in [-0.1, -0.05) is 53.1 Å². The number of rotatable bonds is 2. The quantitative estimate of drug-likeness (QED) is 0.731. The summed E-state index contributed by atoms with van der Waals surface area (Å²) in [5.41, 5.74) is 1.68. The van der Waals surface area contributed by atoms with Crippen LogP contribution in [0.5, 0.6) is 0 Å². The third kappa shape index (κ3) is 3.35. The Balaban J connectivity index is 2.68. The Hall–Kier alpha value is -1.35. The van der Waals surface area contributed by atoms with E-state index in [0.717, 1.165) is 5.56 Å². The van der Waals surface area contributed by atoms with E-state index in [2.05, 4.69) is 25.9 Å². The molecule has 0 atom stereocenters. The lowest BCUT2D eigenvalue weighted by Crippen LogP contribution is -2.21. The van der Waals surface area contributed by atoms with Crippen LogP contribution < -0.4 is 0 Å². The molecule has 1 aromatic carbocycles. The summed E-state index contributed by atoms with van der Waals surface area (Å²) >= 11 is 6.57. The van der Waals surface area contributed by atoms with Crippen molar-refractivity contribution in [1.82, 2.24) is 9.78 Å². The number of hydrogen-bond acceptors (Lipinski definition) is 1. The van der Waals surface area contributed by atoms with E-state index in [1.54, 1.807) is 10.9 Å². The summed E-state index contributed by atoms with van der Waals surface area (Å²) in [6, 6.07) is 3.72. The van der Waals surface area contributed by atoms with E-state index in [9.17, 15) is 0 Å². The highest BCUT2D eigenvalue weighted by atomic mass is 35.5. The largest absolute Gasteiger partial charge is 0.268 e. The molecule has 0 saturated carbocycles. The minimum Gasteiger partial charge on any atom is -0.268 e. The molecule has 0 N–H and O–H groups in total. The molecular formula is C18H24ClFN2. The second-order valence-electron chi connectivity index (χ2n) is 7.79. The standard InChI is InChI=1S/C18H24ClFN2/c1-17(2,3)13-10-12(11-22-9-7-8-21-22)16(20)14(15(13)19)18(4,5)6/h7-10H,11H2,1-6H3. The van der Waals surface area contributed by atoms with Crippen LogP contribution in [0.4, 0.5) is 4.39 Å². The molecule has 1 heterocycles. The van der Waals surface area contributed by atoms with Gasteiger partial charge in [0.1, 0.15) is 5.82 Å². The van der Waals surface area contributed by atoms with E-state index in [4.69, 9.17) is 11.6 Å². The smallest absolute Gasteiger partial charge is 0.133 e. The topological polar surface area (TPSA) is 17.8 Å². The van der Waals surface area contributed by atoms with Gasteiger partial charge in [0, 0.05) is 23.5 Å². The summed E-state index contributed by atoms with van der Waals surface area (Å²) in [4.78, 5) is 0. The Morgan fingerprint density at radius 3 is 2.23 bits per heavy atom. The second-order valence-corrected chi connectivity index (χ2v) is 8.17. The Bertz CT molecular complexity index is 662. The minimum atomic E-state index is -0.360. The average molecular weight is 323 g/mol. The van der Waals surface area contributed by atoms with E-state index < -0.39 is 0 Å². The van der Waals surface area contributed by atoms with Gasteiger partial charge in [-0.15, -0.1) is 0 Å². The van der Waals surface area contributed by atoms with Gasteiger partial charge in [-0.3, -0.25) is 4.68 Å². The molecule has 4 heteroatoms. The molecule has 2 aromatic rings. The first-order valence-corrected chi connectivity index (χ1v) is 7.89. The molecule has 120 valence electrons. The maximum atomic E-state index is 15.1. The first-order chi connectivity index (χ1) is 10.0. The maximum absolute atomic E-state index is 15.1. The van der Waals surface area contributed by atoms with Gasteiger partial charge in [0.15, 0.2) is 0 Å². The van der Waals surface area contributed by atoms with Gasteiger partial charge in [-0.25, -0.2) is 4.39 Å². The van der Waals surface area contributed by atoms with E-state index in [1.165, 1.54) is 0 Å². The number of aromatic nitrogens is 2. The molecule has 22 heavy (non-hydrogen) atoms. The van der Waals surface area contributed by atoms with Crippen molar-refractivity contribution in [3.63, 3.8) is 0 Å². The van der Waals surface area contributed by atoms with Gasteiger partial charge in [0.05, 0.1) is 11.6 Å². The Morgan fingerprint density at radius 1 is 1.14 bits per heavy atom. The number of nitrogens with zero attached hydrogens (tertiary/aromatic N) is 2. The molecule has 0 aliphatic carbocycles. The number of benzene rings is 1. The summed E-state index contributed by atoms with van der Waals surface area (Å²) in [6.07, 6.45) is 3.53. The van der Waals surface area contributed by atoms with Gasteiger partial charge in [-0.05, 0) is 28.5 Å². The van der Waals surface area contributed by atoms with Crippen LogP contribution in [0.25, 0.3) is 0 Å². The zero-order chi connectivity index (χ0) is 16.7. The predicted octanol–water partition coefficient (Wildman–Crippen LogP) is 5.32. The molecule has 2 nitrogen and oxygen atoms in total. The molecule has 0 radical (unpaired) electrons. The van der Waals surface area contributed by atoms with Crippen molar-refractivity contribution in [1.29, 1.82) is 0 Å². The van der Waals surface area contributed by atoms with E-state index in [0.29, 0.717) is 22.7 Å². The molecule has 0 fully saturated rings. The van der Waals surface area contributed by atoms with Crippen LogP contribution >= 0.6 is 11.6 Å². The van der Waals surface area contributed by atoms with Crippen LogP contribution in [-0.2, 0) is 17.4 Å². The van der Waals surface area contributed by atoms with Crippen LogP contribution in [0.15, 0.2) is 24.5 Å². The zero-order valence-electron chi connectivity index (χ0n) is 14.2. The fraction of sp³-hybridized carbons (Fsp3) is 0.500. The van der Waals surface area contributed by atoms with E-state index in [-0.39, 0.29) is 16.6 Å². The highest BCUT2D eigenvalue weighted by Crippen LogP contribution is 2.40. The first-order valence-electron chi connectivity index (χ1n) is 7.51. The first kappa shape index (κ1) is 17.0. The van der Waals surface area contributed by atoms with Gasteiger partial charge in [0.2, 0.25) is 0 Å². The highest BCUT2D eigenvalue weighted by Gasteiger charge is 2.30. The van der Waals surface area contributed by atoms with Crippen LogP contribution in [0.3, 0.4) is 0 Å². The molecule has 1 aromatic heterocycles. The summed E-state index contributed by atoms with van der Waals surface area (Å²) in [7, 11) is 0. The molecule has 0 saturated heterocycles. The molecule has 0 unspecified atom stereocenters. The van der Waals surface area contributed by atoms with Gasteiger partial charge < -0.3 is 0 Å². The fourth-order valence-corrected chi connectivity index (χ4v) is 3.28. The lowest BCUT2D eigenvalue weighted by Gasteiger charge is -2.29. The average Bonchev–Trinajstić information content (AvgIpc) is 2.82. The van der Waals surface area contributed by atoms with Gasteiger partial charge >= 0.3 is 0 Å². The van der Waals surface area contributed by atoms with Crippen molar-refractivity contribution in [3.05, 3.63) is 52.1 Å². The predicted molar refractivity (Wildman–Crippen MR) is 90.1 cm³/mol. The van der Waals surface area contributed by atoms with Crippen LogP contribution in [0.1, 0.15) is 58.2 Å². The normalized spacial score (nSPS) is 12.7. The SMILES string of the molecule is CC(C)(C)c1cc(Cn2cccn2)c(F)c(C(C)(C)C)c1Cl. The van der Waals surface area contributed by atoms with Crippen LogP contribution in [0.2, 0.25) is 5.02 Å². The van der Waals surface area contributed by atoms with Crippen molar-refractivity contribution in [2.45, 2.75) is 58.9 Å². The molecule has 0 amide bonds. The van der Waals surface area contributed by atoms with Crippen LogP contribution in [-0.4, -0.2) is 9.78 Å². The van der Waals surface area contributed by atoms with Gasteiger partial charge in [-0.2, -0.15) is 5.10 Å². The van der Waals surface area contributed by atoms with E-state index >= 15 is 4.39 Å². The Morgan fingerprint density at radius 2 is 1.77 bits per heavy atom. The molecular weight excluding hydrogens is 299 g/mol. The maximum Gasteiger partial charge on any atom is 0.133 e. The summed E-state index contributed by atoms with van der Waals surface area (Å²) in [5.74, 6) is -0.221. The zero-order valence-corrected chi connectivity index (χ0v) is 14.9. The molecule has 0 aliphatic heterocycles. The van der Waals surface area contributed by atoms with Crippen LogP contribution in [0, 0.1) is 5.82 Å². The Labute approximate surface area is 137 Å². The van der Waals surface area contributed by atoms with E-state index in [1.807, 2.05) is 39.1 Å². The van der Waals surface area contributed by atoms with Crippen molar-refractivity contribution in [3.8, 4) is 0 Å². The van der Waals surface area contributed by atoms with Gasteiger partial charge in [0.25, 0.3) is 0 Å². The van der Waals surface area contributed by atoms with Crippen molar-refractivity contribution < 1.29 is 4.39 Å².